The monoisotopic (exact) mass is 279 g/mol. The molecule has 1 heterocycles. The first-order chi connectivity index (χ1) is 9.06. The normalized spacial score (nSPS) is 14.4. The molecule has 0 saturated heterocycles. The molecule has 0 fully saturated rings. The van der Waals surface area contributed by atoms with Crippen LogP contribution in [0.5, 0.6) is 0 Å². The van der Waals surface area contributed by atoms with Crippen molar-refractivity contribution in [2.24, 2.45) is 0 Å². The third kappa shape index (κ3) is 3.71. The number of aromatic nitrogens is 2. The van der Waals surface area contributed by atoms with Crippen LogP contribution in [-0.4, -0.2) is 32.2 Å². The summed E-state index contributed by atoms with van der Waals surface area (Å²) >= 11 is 0. The molecule has 2 atom stereocenters. The molecule has 0 amide bonds. The molecular formula is C13H17N3O2S. The number of H-pyrrole nitrogens is 1. The average molecular weight is 279 g/mol. The molecule has 102 valence electrons. The van der Waals surface area contributed by atoms with Gasteiger partial charge in [0.2, 0.25) is 0 Å². The number of benzene rings is 1. The van der Waals surface area contributed by atoms with E-state index in [2.05, 4.69) is 15.3 Å². The zero-order valence-electron chi connectivity index (χ0n) is 11.0. The van der Waals surface area contributed by atoms with Gasteiger partial charge in [0.1, 0.15) is 5.82 Å². The minimum absolute atomic E-state index is 0.114. The molecule has 0 radical (unpaired) electrons. The van der Waals surface area contributed by atoms with Crippen LogP contribution in [0.2, 0.25) is 0 Å². The van der Waals surface area contributed by atoms with E-state index in [4.69, 9.17) is 0 Å². The molecule has 0 spiro atoms. The standard InChI is InChI=1S/C13H17N3O2S/c1-9(8-19(2)18)14-7-12-15-11-6-4-3-5-10(11)13(17)16-12/h3-6,9,14H,7-8H2,1-2H3,(H,15,16,17). The van der Waals surface area contributed by atoms with Crippen molar-refractivity contribution in [3.63, 3.8) is 0 Å². The fourth-order valence-corrected chi connectivity index (χ4v) is 2.72. The number of fused-ring (bicyclic) bond motifs is 1. The molecule has 6 heteroatoms. The molecule has 0 aliphatic rings. The van der Waals surface area contributed by atoms with Crippen LogP contribution in [0.3, 0.4) is 0 Å². The van der Waals surface area contributed by atoms with Crippen molar-refractivity contribution in [3.05, 3.63) is 40.4 Å². The number of hydrogen-bond donors (Lipinski definition) is 2. The highest BCUT2D eigenvalue weighted by Gasteiger charge is 2.06. The van der Waals surface area contributed by atoms with Crippen LogP contribution < -0.4 is 10.9 Å². The second-order valence-corrected chi connectivity index (χ2v) is 6.03. The topological polar surface area (TPSA) is 74.8 Å². The molecule has 0 aliphatic heterocycles. The van der Waals surface area contributed by atoms with Crippen molar-refractivity contribution in [1.82, 2.24) is 15.3 Å². The summed E-state index contributed by atoms with van der Waals surface area (Å²) in [4.78, 5) is 19.0. The maximum absolute atomic E-state index is 11.9. The Bertz CT molecular complexity index is 654. The minimum Gasteiger partial charge on any atom is -0.309 e. The highest BCUT2D eigenvalue weighted by molar-refractivity contribution is 7.84. The molecule has 0 bridgehead atoms. The average Bonchev–Trinajstić information content (AvgIpc) is 2.36. The number of aromatic amines is 1. The predicted molar refractivity (Wildman–Crippen MR) is 77.6 cm³/mol. The van der Waals surface area contributed by atoms with E-state index in [1.165, 1.54) is 0 Å². The predicted octanol–water partition coefficient (Wildman–Crippen LogP) is 0.780. The van der Waals surface area contributed by atoms with Gasteiger partial charge in [0, 0.05) is 28.9 Å². The van der Waals surface area contributed by atoms with Gasteiger partial charge in [-0.3, -0.25) is 9.00 Å². The van der Waals surface area contributed by atoms with Gasteiger partial charge in [0.15, 0.2) is 0 Å². The Balaban J connectivity index is 2.13. The van der Waals surface area contributed by atoms with Crippen LogP contribution in [0.1, 0.15) is 12.7 Å². The largest absolute Gasteiger partial charge is 0.309 e. The van der Waals surface area contributed by atoms with Gasteiger partial charge in [-0.05, 0) is 19.1 Å². The Labute approximate surface area is 113 Å². The van der Waals surface area contributed by atoms with Crippen molar-refractivity contribution in [2.75, 3.05) is 12.0 Å². The molecule has 0 saturated carbocycles. The Kier molecular flexibility index (Phi) is 4.44. The highest BCUT2D eigenvalue weighted by Crippen LogP contribution is 2.05. The fourth-order valence-electron chi connectivity index (χ4n) is 1.90. The molecule has 2 unspecified atom stereocenters. The smallest absolute Gasteiger partial charge is 0.258 e. The molecule has 5 nitrogen and oxygen atoms in total. The maximum Gasteiger partial charge on any atom is 0.258 e. The molecule has 19 heavy (non-hydrogen) atoms. The van der Waals surface area contributed by atoms with E-state index in [0.717, 1.165) is 0 Å². The van der Waals surface area contributed by atoms with Gasteiger partial charge < -0.3 is 10.3 Å². The van der Waals surface area contributed by atoms with Crippen molar-refractivity contribution in [2.45, 2.75) is 19.5 Å². The second kappa shape index (κ2) is 6.08. The second-order valence-electron chi connectivity index (χ2n) is 4.55. The SMILES string of the molecule is CC(CS(C)=O)NCc1nc2ccccc2c(=O)[nH]1. The molecular weight excluding hydrogens is 262 g/mol. The van der Waals surface area contributed by atoms with Crippen LogP contribution in [-0.2, 0) is 17.3 Å². The number of nitrogens with zero attached hydrogens (tertiary/aromatic N) is 1. The first-order valence-electron chi connectivity index (χ1n) is 6.07. The van der Waals surface area contributed by atoms with Crippen LogP contribution in [0.25, 0.3) is 10.9 Å². The third-order valence-electron chi connectivity index (χ3n) is 2.76. The Morgan fingerprint density at radius 2 is 2.16 bits per heavy atom. The summed E-state index contributed by atoms with van der Waals surface area (Å²) in [6.45, 7) is 2.42. The summed E-state index contributed by atoms with van der Waals surface area (Å²) in [6, 6.07) is 7.35. The van der Waals surface area contributed by atoms with E-state index in [9.17, 15) is 9.00 Å². The fraction of sp³-hybridized carbons (Fsp3) is 0.385. The number of nitrogens with one attached hydrogen (secondary N) is 2. The van der Waals surface area contributed by atoms with E-state index < -0.39 is 10.8 Å². The van der Waals surface area contributed by atoms with Crippen LogP contribution >= 0.6 is 0 Å². The van der Waals surface area contributed by atoms with Gasteiger partial charge in [-0.25, -0.2) is 4.98 Å². The Hall–Kier alpha value is -1.53. The lowest BCUT2D eigenvalue weighted by atomic mass is 10.2. The first-order valence-corrected chi connectivity index (χ1v) is 7.80. The van der Waals surface area contributed by atoms with Crippen LogP contribution in [0.15, 0.2) is 29.1 Å². The summed E-state index contributed by atoms with van der Waals surface area (Å²) in [5.41, 5.74) is 0.559. The lowest BCUT2D eigenvalue weighted by molar-refractivity contribution is 0.572. The molecule has 0 aliphatic carbocycles. The van der Waals surface area contributed by atoms with Gasteiger partial charge in [-0.2, -0.15) is 0 Å². The Morgan fingerprint density at radius 3 is 2.89 bits per heavy atom. The summed E-state index contributed by atoms with van der Waals surface area (Å²) in [5, 5.41) is 3.79. The van der Waals surface area contributed by atoms with E-state index >= 15 is 0 Å². The Morgan fingerprint density at radius 1 is 1.42 bits per heavy atom. The van der Waals surface area contributed by atoms with E-state index in [-0.39, 0.29) is 11.6 Å². The van der Waals surface area contributed by atoms with Gasteiger partial charge in [-0.1, -0.05) is 12.1 Å². The van der Waals surface area contributed by atoms with Crippen LogP contribution in [0.4, 0.5) is 0 Å². The van der Waals surface area contributed by atoms with E-state index in [1.807, 2.05) is 25.1 Å². The highest BCUT2D eigenvalue weighted by atomic mass is 32.2. The zero-order chi connectivity index (χ0) is 13.8. The summed E-state index contributed by atoms with van der Waals surface area (Å²) in [5.74, 6) is 1.18. The van der Waals surface area contributed by atoms with Gasteiger partial charge in [0.25, 0.3) is 5.56 Å². The summed E-state index contributed by atoms with van der Waals surface area (Å²) < 4.78 is 11.1. The minimum atomic E-state index is -0.835. The van der Waals surface area contributed by atoms with Crippen molar-refractivity contribution >= 4 is 21.7 Å². The van der Waals surface area contributed by atoms with Gasteiger partial charge in [-0.15, -0.1) is 0 Å². The summed E-state index contributed by atoms with van der Waals surface area (Å²) in [7, 11) is -0.835. The number of rotatable bonds is 5. The van der Waals surface area contributed by atoms with Crippen LogP contribution in [0, 0.1) is 0 Å². The van der Waals surface area contributed by atoms with Gasteiger partial charge >= 0.3 is 0 Å². The molecule has 2 aromatic rings. The van der Waals surface area contributed by atoms with Crippen molar-refractivity contribution < 1.29 is 4.21 Å². The summed E-state index contributed by atoms with van der Waals surface area (Å²) in [6.07, 6.45) is 1.67. The van der Waals surface area contributed by atoms with Crippen molar-refractivity contribution in [1.29, 1.82) is 0 Å². The lowest BCUT2D eigenvalue weighted by Gasteiger charge is -2.11. The number of para-hydroxylation sites is 1. The number of hydrogen-bond acceptors (Lipinski definition) is 4. The zero-order valence-corrected chi connectivity index (χ0v) is 11.8. The molecule has 1 aromatic heterocycles. The maximum atomic E-state index is 11.9. The van der Waals surface area contributed by atoms with Crippen molar-refractivity contribution in [3.8, 4) is 0 Å². The van der Waals surface area contributed by atoms with E-state index in [1.54, 1.807) is 12.3 Å². The lowest BCUT2D eigenvalue weighted by Crippen LogP contribution is -2.31. The molecule has 2 rings (SSSR count). The quantitative estimate of drug-likeness (QED) is 0.848. The van der Waals surface area contributed by atoms with E-state index in [0.29, 0.717) is 29.0 Å². The third-order valence-corrected chi connectivity index (χ3v) is 3.73. The molecule has 2 N–H and O–H groups in total. The first kappa shape index (κ1) is 13.9. The molecule has 1 aromatic carbocycles. The van der Waals surface area contributed by atoms with Gasteiger partial charge in [0.05, 0.1) is 17.4 Å².